The maximum absolute atomic E-state index is 12.8. The molecule has 0 aliphatic heterocycles. The zero-order valence-corrected chi connectivity index (χ0v) is 30.0. The van der Waals surface area contributed by atoms with Crippen LogP contribution in [0, 0.1) is 41.4 Å². The molecule has 0 aromatic heterocycles. The van der Waals surface area contributed by atoms with Crippen molar-refractivity contribution < 1.29 is 33.0 Å². The summed E-state index contributed by atoms with van der Waals surface area (Å²) in [6, 6.07) is -0.787. The summed E-state index contributed by atoms with van der Waals surface area (Å²) in [6.07, 6.45) is 7.11. The molecule has 2 saturated carbocycles. The van der Waals surface area contributed by atoms with E-state index >= 15 is 0 Å². The lowest BCUT2D eigenvalue weighted by Gasteiger charge is -2.41. The van der Waals surface area contributed by atoms with Gasteiger partial charge in [0.05, 0.1) is 39.0 Å². The van der Waals surface area contributed by atoms with Crippen LogP contribution in [-0.4, -0.2) is 68.7 Å². The zero-order chi connectivity index (χ0) is 33.7. The summed E-state index contributed by atoms with van der Waals surface area (Å²) in [5.41, 5.74) is 0. The molecular formula is C33H61N4O7P. The fourth-order valence-electron chi connectivity index (χ4n) is 6.51. The van der Waals surface area contributed by atoms with Gasteiger partial charge in [-0.3, -0.25) is 14.4 Å². The van der Waals surface area contributed by atoms with E-state index in [-0.39, 0.29) is 43.7 Å². The predicted octanol–water partition coefficient (Wildman–Crippen LogP) is 4.69. The molecule has 0 spiro atoms. The van der Waals surface area contributed by atoms with Crippen molar-refractivity contribution in [2.24, 2.45) is 41.4 Å². The lowest BCUT2D eigenvalue weighted by atomic mass is 9.75. The second-order valence-electron chi connectivity index (χ2n) is 14.4. The Morgan fingerprint density at radius 3 is 1.62 bits per heavy atom. The Morgan fingerprint density at radius 2 is 1.18 bits per heavy atom. The van der Waals surface area contributed by atoms with E-state index in [0.29, 0.717) is 41.9 Å². The minimum absolute atomic E-state index is 0.0568. The molecular weight excluding hydrogens is 595 g/mol. The van der Waals surface area contributed by atoms with Crippen molar-refractivity contribution in [3.63, 3.8) is 0 Å². The first kappa shape index (κ1) is 39.4. The molecule has 12 heteroatoms. The van der Waals surface area contributed by atoms with Crippen LogP contribution in [0.2, 0.25) is 0 Å². The summed E-state index contributed by atoms with van der Waals surface area (Å²) in [4.78, 5) is 49.4. The van der Waals surface area contributed by atoms with Crippen molar-refractivity contribution >= 4 is 32.2 Å². The van der Waals surface area contributed by atoms with E-state index in [1.54, 1.807) is 0 Å². The van der Waals surface area contributed by atoms with Crippen LogP contribution in [0.15, 0.2) is 0 Å². The molecule has 2 fully saturated rings. The standard InChI is InChI=1S/C33H61N4O7P/c1-20(2)14-27(33(41)42-9)37-32(40)18-35-30(38)17-34-31(39)19-36-45(43-28-15-23(7)10-12-25(28)21(3)4)44-29-16-24(8)11-13-26(29)22(5)6/h20-29,36H,10-19H2,1-9H3,(H,34,39)(H,35,38)(H,37,40)/t23-,24-,25+,26+,27-,28-,29-/m1/s1. The Hall–Kier alpha value is -1.81. The van der Waals surface area contributed by atoms with E-state index in [4.69, 9.17) is 13.8 Å². The van der Waals surface area contributed by atoms with Crippen LogP contribution in [-0.2, 0) is 33.0 Å². The van der Waals surface area contributed by atoms with E-state index in [9.17, 15) is 19.2 Å². The molecule has 0 aromatic carbocycles. The fourth-order valence-corrected chi connectivity index (χ4v) is 7.96. The Balaban J connectivity index is 1.94. The van der Waals surface area contributed by atoms with Gasteiger partial charge in [-0.15, -0.1) is 0 Å². The molecule has 45 heavy (non-hydrogen) atoms. The Kier molecular flexibility index (Phi) is 17.3. The number of rotatable bonds is 17. The number of ether oxygens (including phenoxy) is 1. The monoisotopic (exact) mass is 656 g/mol. The SMILES string of the molecule is COC(=O)[C@@H](CC(C)C)NC(=O)CNC(=O)CNC(=O)CNP(O[C@@H]1C[C@H](C)CC[C@H]1C(C)C)O[C@@H]1C[C@H](C)CC[C@H]1C(C)C. The second-order valence-corrected chi connectivity index (χ2v) is 15.6. The van der Waals surface area contributed by atoms with Crippen LogP contribution >= 0.6 is 8.53 Å². The maximum atomic E-state index is 12.8. The molecule has 2 aliphatic carbocycles. The fraction of sp³-hybridized carbons (Fsp3) is 0.879. The molecule has 2 rings (SSSR count). The number of esters is 1. The van der Waals surface area contributed by atoms with E-state index in [1.165, 1.54) is 20.0 Å². The topological polar surface area (TPSA) is 144 Å². The van der Waals surface area contributed by atoms with Gasteiger partial charge in [-0.2, -0.15) is 0 Å². The molecule has 0 bridgehead atoms. The van der Waals surface area contributed by atoms with Crippen molar-refractivity contribution in [1.29, 1.82) is 0 Å². The first-order valence-corrected chi connectivity index (χ1v) is 18.1. The number of amides is 3. The quantitative estimate of drug-likeness (QED) is 0.130. The number of nitrogens with one attached hydrogen (secondary N) is 4. The lowest BCUT2D eigenvalue weighted by molar-refractivity contribution is -0.145. The third-order valence-corrected chi connectivity index (χ3v) is 10.5. The number of methoxy groups -OCH3 is 1. The number of carbonyl (C=O) groups excluding carboxylic acids is 4. The average molecular weight is 657 g/mol. The van der Waals surface area contributed by atoms with Gasteiger partial charge in [0.1, 0.15) is 6.04 Å². The highest BCUT2D eigenvalue weighted by atomic mass is 31.2. The second kappa shape index (κ2) is 19.8. The first-order valence-electron chi connectivity index (χ1n) is 17.0. The molecule has 0 radical (unpaired) electrons. The molecule has 3 amide bonds. The largest absolute Gasteiger partial charge is 0.467 e. The van der Waals surface area contributed by atoms with Crippen molar-refractivity contribution in [3.05, 3.63) is 0 Å². The Labute approximate surface area is 272 Å². The zero-order valence-electron chi connectivity index (χ0n) is 29.1. The molecule has 7 atom stereocenters. The van der Waals surface area contributed by atoms with Gasteiger partial charge in [0.2, 0.25) is 17.7 Å². The molecule has 0 heterocycles. The van der Waals surface area contributed by atoms with Crippen LogP contribution < -0.4 is 21.0 Å². The summed E-state index contributed by atoms with van der Waals surface area (Å²) in [5, 5.41) is 10.9. The minimum Gasteiger partial charge on any atom is -0.467 e. The van der Waals surface area contributed by atoms with Crippen LogP contribution in [0.4, 0.5) is 0 Å². The van der Waals surface area contributed by atoms with Crippen LogP contribution in [0.3, 0.4) is 0 Å². The van der Waals surface area contributed by atoms with Crippen molar-refractivity contribution in [3.8, 4) is 0 Å². The molecule has 2 aliphatic rings. The lowest BCUT2D eigenvalue weighted by Crippen LogP contribution is -2.48. The molecule has 11 nitrogen and oxygen atoms in total. The molecule has 4 N–H and O–H groups in total. The van der Waals surface area contributed by atoms with Gasteiger partial charge in [0.15, 0.2) is 0 Å². The highest BCUT2D eigenvalue weighted by Crippen LogP contribution is 2.48. The van der Waals surface area contributed by atoms with E-state index in [1.807, 2.05) is 13.8 Å². The highest BCUT2D eigenvalue weighted by Gasteiger charge is 2.38. The summed E-state index contributed by atoms with van der Waals surface area (Å²) in [5.74, 6) is 1.23. The number of carbonyl (C=O) groups is 4. The third kappa shape index (κ3) is 14.2. The van der Waals surface area contributed by atoms with Crippen LogP contribution in [0.25, 0.3) is 0 Å². The van der Waals surface area contributed by atoms with E-state index in [0.717, 1.165) is 25.7 Å². The van der Waals surface area contributed by atoms with Gasteiger partial charge in [0, 0.05) is 0 Å². The molecule has 0 saturated heterocycles. The van der Waals surface area contributed by atoms with Gasteiger partial charge < -0.3 is 29.7 Å². The molecule has 260 valence electrons. The molecule has 0 unspecified atom stereocenters. The van der Waals surface area contributed by atoms with Crippen molar-refractivity contribution in [2.45, 2.75) is 119 Å². The minimum atomic E-state index is -1.55. The number of hydrogen-bond acceptors (Lipinski definition) is 8. The first-order chi connectivity index (χ1) is 21.2. The smallest absolute Gasteiger partial charge is 0.328 e. The summed E-state index contributed by atoms with van der Waals surface area (Å²) in [7, 11) is -0.281. The van der Waals surface area contributed by atoms with Gasteiger partial charge in [-0.25, -0.2) is 9.88 Å². The highest BCUT2D eigenvalue weighted by molar-refractivity contribution is 7.45. The summed E-state index contributed by atoms with van der Waals surface area (Å²) < 4.78 is 18.2. The molecule has 0 aromatic rings. The Morgan fingerprint density at radius 1 is 0.711 bits per heavy atom. The van der Waals surface area contributed by atoms with Gasteiger partial charge in [-0.1, -0.05) is 68.2 Å². The van der Waals surface area contributed by atoms with Crippen LogP contribution in [0.1, 0.15) is 100 Å². The van der Waals surface area contributed by atoms with Gasteiger partial charge in [0.25, 0.3) is 8.53 Å². The van der Waals surface area contributed by atoms with Crippen molar-refractivity contribution in [1.82, 2.24) is 21.0 Å². The number of hydrogen-bond donors (Lipinski definition) is 4. The Bertz CT molecular complexity index is 916. The van der Waals surface area contributed by atoms with Gasteiger partial charge >= 0.3 is 5.97 Å². The van der Waals surface area contributed by atoms with Crippen LogP contribution in [0.5, 0.6) is 0 Å². The van der Waals surface area contributed by atoms with E-state index < -0.39 is 32.4 Å². The maximum Gasteiger partial charge on any atom is 0.328 e. The summed E-state index contributed by atoms with van der Waals surface area (Å²) in [6.45, 7) is 16.7. The predicted molar refractivity (Wildman–Crippen MR) is 177 cm³/mol. The van der Waals surface area contributed by atoms with E-state index in [2.05, 4.69) is 62.6 Å². The van der Waals surface area contributed by atoms with Crippen molar-refractivity contribution in [2.75, 3.05) is 26.7 Å². The average Bonchev–Trinajstić information content (AvgIpc) is 2.96. The third-order valence-electron chi connectivity index (χ3n) is 9.17. The summed E-state index contributed by atoms with van der Waals surface area (Å²) >= 11 is 0. The van der Waals surface area contributed by atoms with Gasteiger partial charge in [-0.05, 0) is 73.5 Å². The normalized spacial score (nSPS) is 26.2.